The lowest BCUT2D eigenvalue weighted by atomic mass is 10.1. The fourth-order valence-corrected chi connectivity index (χ4v) is 1.86. The van der Waals surface area contributed by atoms with Gasteiger partial charge in [-0.05, 0) is 42.7 Å². The predicted octanol–water partition coefficient (Wildman–Crippen LogP) is 4.21. The van der Waals surface area contributed by atoms with E-state index in [4.69, 9.17) is 4.84 Å². The molecule has 0 saturated carbocycles. The topological polar surface area (TPSA) is 38.3 Å². The standard InChI is InChI=1S/C17H19NO2/c1-2-3-7-14-10-12-15(13-11-14)17(19)20-18-16-8-5-4-6-9-16/h4-6,8-13,18H,2-3,7H2,1H3. The zero-order valence-corrected chi connectivity index (χ0v) is 11.6. The van der Waals surface area contributed by atoms with Crippen LogP contribution in [0.15, 0.2) is 54.6 Å². The lowest BCUT2D eigenvalue weighted by molar-refractivity contribution is 0.0596. The van der Waals surface area contributed by atoms with E-state index < -0.39 is 0 Å². The largest absolute Gasteiger partial charge is 0.362 e. The fourth-order valence-electron chi connectivity index (χ4n) is 1.86. The van der Waals surface area contributed by atoms with Crippen molar-refractivity contribution in [3.63, 3.8) is 0 Å². The molecule has 0 unspecified atom stereocenters. The Morgan fingerprint density at radius 3 is 2.40 bits per heavy atom. The van der Waals surface area contributed by atoms with Gasteiger partial charge in [0.25, 0.3) is 0 Å². The minimum absolute atomic E-state index is 0.379. The summed E-state index contributed by atoms with van der Waals surface area (Å²) in [5, 5.41) is 0. The predicted molar refractivity (Wildman–Crippen MR) is 80.5 cm³/mol. The van der Waals surface area contributed by atoms with Crippen LogP contribution in [0, 0.1) is 0 Å². The molecule has 3 nitrogen and oxygen atoms in total. The van der Waals surface area contributed by atoms with E-state index >= 15 is 0 Å². The molecule has 0 amide bonds. The zero-order valence-electron chi connectivity index (χ0n) is 11.6. The minimum atomic E-state index is -0.379. The number of para-hydroxylation sites is 1. The molecule has 1 N–H and O–H groups in total. The molecular formula is C17H19NO2. The van der Waals surface area contributed by atoms with Gasteiger partial charge < -0.3 is 4.84 Å². The molecule has 2 aromatic rings. The van der Waals surface area contributed by atoms with Gasteiger partial charge in [-0.1, -0.05) is 43.7 Å². The summed E-state index contributed by atoms with van der Waals surface area (Å²) in [7, 11) is 0. The summed E-state index contributed by atoms with van der Waals surface area (Å²) in [5.41, 5.74) is 5.19. The Balaban J connectivity index is 1.89. The summed E-state index contributed by atoms with van der Waals surface area (Å²) in [6, 6.07) is 16.9. The van der Waals surface area contributed by atoms with E-state index in [0.717, 1.165) is 12.1 Å². The van der Waals surface area contributed by atoms with Crippen molar-refractivity contribution in [3.8, 4) is 0 Å². The maximum Gasteiger partial charge on any atom is 0.362 e. The van der Waals surface area contributed by atoms with E-state index in [9.17, 15) is 4.79 Å². The molecule has 0 aliphatic heterocycles. The third kappa shape index (κ3) is 4.12. The maximum atomic E-state index is 11.9. The van der Waals surface area contributed by atoms with Crippen LogP contribution in [-0.4, -0.2) is 5.97 Å². The molecule has 2 aromatic carbocycles. The van der Waals surface area contributed by atoms with Crippen molar-refractivity contribution in [1.82, 2.24) is 0 Å². The van der Waals surface area contributed by atoms with E-state index in [1.807, 2.05) is 42.5 Å². The molecule has 0 atom stereocenters. The molecule has 0 fully saturated rings. The number of hydrogen-bond acceptors (Lipinski definition) is 3. The number of benzene rings is 2. The molecule has 0 saturated heterocycles. The Morgan fingerprint density at radius 2 is 1.75 bits per heavy atom. The van der Waals surface area contributed by atoms with Gasteiger partial charge in [0.05, 0.1) is 11.3 Å². The molecule has 104 valence electrons. The van der Waals surface area contributed by atoms with Crippen molar-refractivity contribution in [1.29, 1.82) is 0 Å². The van der Waals surface area contributed by atoms with Gasteiger partial charge in [0.15, 0.2) is 0 Å². The second-order valence-corrected chi connectivity index (χ2v) is 4.66. The number of unbranched alkanes of at least 4 members (excludes halogenated alkanes) is 1. The Labute approximate surface area is 119 Å². The molecule has 0 aliphatic carbocycles. The zero-order chi connectivity index (χ0) is 14.2. The van der Waals surface area contributed by atoms with Crippen molar-refractivity contribution in [2.75, 3.05) is 5.48 Å². The van der Waals surface area contributed by atoms with Gasteiger partial charge in [-0.2, -0.15) is 0 Å². The van der Waals surface area contributed by atoms with E-state index in [0.29, 0.717) is 5.56 Å². The van der Waals surface area contributed by atoms with E-state index in [1.165, 1.54) is 18.4 Å². The second-order valence-electron chi connectivity index (χ2n) is 4.66. The third-order valence-electron chi connectivity index (χ3n) is 3.04. The number of carbonyl (C=O) groups excluding carboxylic acids is 1. The Kier molecular flexibility index (Phi) is 5.18. The molecule has 0 heterocycles. The highest BCUT2D eigenvalue weighted by Crippen LogP contribution is 2.10. The lowest BCUT2D eigenvalue weighted by Gasteiger charge is -2.07. The van der Waals surface area contributed by atoms with Crippen LogP contribution in [0.1, 0.15) is 35.7 Å². The molecule has 0 radical (unpaired) electrons. The first-order valence-electron chi connectivity index (χ1n) is 6.91. The monoisotopic (exact) mass is 269 g/mol. The first kappa shape index (κ1) is 14.1. The number of aryl methyl sites for hydroxylation is 1. The van der Waals surface area contributed by atoms with Crippen molar-refractivity contribution >= 4 is 11.7 Å². The number of hydrogen-bond donors (Lipinski definition) is 1. The second kappa shape index (κ2) is 7.34. The molecule has 0 spiro atoms. The van der Waals surface area contributed by atoms with Gasteiger partial charge in [0.1, 0.15) is 0 Å². The Bertz CT molecular complexity index is 535. The normalized spacial score (nSPS) is 10.1. The highest BCUT2D eigenvalue weighted by molar-refractivity contribution is 5.89. The van der Waals surface area contributed by atoms with Gasteiger partial charge in [0.2, 0.25) is 0 Å². The Hall–Kier alpha value is -2.29. The smallest absolute Gasteiger partial charge is 0.338 e. The van der Waals surface area contributed by atoms with Gasteiger partial charge >= 0.3 is 5.97 Å². The summed E-state index contributed by atoms with van der Waals surface area (Å²) >= 11 is 0. The van der Waals surface area contributed by atoms with Gasteiger partial charge in [-0.15, -0.1) is 0 Å². The quantitative estimate of drug-likeness (QED) is 0.798. The van der Waals surface area contributed by atoms with Crippen molar-refractivity contribution in [2.24, 2.45) is 0 Å². The number of nitrogens with one attached hydrogen (secondary N) is 1. The number of rotatable bonds is 6. The van der Waals surface area contributed by atoms with E-state index in [2.05, 4.69) is 12.4 Å². The van der Waals surface area contributed by atoms with E-state index in [1.54, 1.807) is 12.1 Å². The molecule has 0 aromatic heterocycles. The van der Waals surface area contributed by atoms with Crippen LogP contribution in [-0.2, 0) is 11.3 Å². The molecule has 20 heavy (non-hydrogen) atoms. The number of carbonyl (C=O) groups is 1. The molecule has 0 bridgehead atoms. The summed E-state index contributed by atoms with van der Waals surface area (Å²) in [6.07, 6.45) is 3.39. The third-order valence-corrected chi connectivity index (χ3v) is 3.04. The van der Waals surface area contributed by atoms with Crippen LogP contribution >= 0.6 is 0 Å². The first-order valence-corrected chi connectivity index (χ1v) is 6.91. The summed E-state index contributed by atoms with van der Waals surface area (Å²) in [4.78, 5) is 16.9. The molecule has 2 rings (SSSR count). The highest BCUT2D eigenvalue weighted by Gasteiger charge is 2.07. The SMILES string of the molecule is CCCCc1ccc(C(=O)ONc2ccccc2)cc1. The van der Waals surface area contributed by atoms with Crippen LogP contribution < -0.4 is 5.48 Å². The molecule has 0 aliphatic rings. The van der Waals surface area contributed by atoms with Crippen LogP contribution in [0.25, 0.3) is 0 Å². The van der Waals surface area contributed by atoms with Crippen molar-refractivity contribution in [3.05, 3.63) is 65.7 Å². The van der Waals surface area contributed by atoms with Crippen LogP contribution in [0.5, 0.6) is 0 Å². The van der Waals surface area contributed by atoms with Crippen LogP contribution in [0.4, 0.5) is 5.69 Å². The van der Waals surface area contributed by atoms with Crippen molar-refractivity contribution < 1.29 is 9.63 Å². The molecular weight excluding hydrogens is 250 g/mol. The van der Waals surface area contributed by atoms with Gasteiger partial charge in [0, 0.05) is 0 Å². The minimum Gasteiger partial charge on any atom is -0.338 e. The fraction of sp³-hybridized carbons (Fsp3) is 0.235. The maximum absolute atomic E-state index is 11.9. The summed E-state index contributed by atoms with van der Waals surface area (Å²) in [5.74, 6) is -0.379. The average molecular weight is 269 g/mol. The van der Waals surface area contributed by atoms with Crippen molar-refractivity contribution in [2.45, 2.75) is 26.2 Å². The van der Waals surface area contributed by atoms with Crippen LogP contribution in [0.2, 0.25) is 0 Å². The number of anilines is 1. The van der Waals surface area contributed by atoms with Gasteiger partial charge in [-0.25, -0.2) is 10.3 Å². The first-order chi connectivity index (χ1) is 9.79. The van der Waals surface area contributed by atoms with Gasteiger partial charge in [-0.3, -0.25) is 0 Å². The van der Waals surface area contributed by atoms with E-state index in [-0.39, 0.29) is 5.97 Å². The Morgan fingerprint density at radius 1 is 1.05 bits per heavy atom. The van der Waals surface area contributed by atoms with Crippen LogP contribution in [0.3, 0.4) is 0 Å². The summed E-state index contributed by atoms with van der Waals surface area (Å²) in [6.45, 7) is 2.17. The average Bonchev–Trinajstić information content (AvgIpc) is 2.52. The summed E-state index contributed by atoms with van der Waals surface area (Å²) < 4.78 is 0. The highest BCUT2D eigenvalue weighted by atomic mass is 16.7. The lowest BCUT2D eigenvalue weighted by Crippen LogP contribution is -2.10. The molecule has 3 heteroatoms.